The van der Waals surface area contributed by atoms with E-state index < -0.39 is 28.6 Å². The van der Waals surface area contributed by atoms with Crippen LogP contribution >= 0.6 is 0 Å². The van der Waals surface area contributed by atoms with Gasteiger partial charge in [-0.3, -0.25) is 19.2 Å². The van der Waals surface area contributed by atoms with Crippen LogP contribution in [0, 0.1) is 5.41 Å². The summed E-state index contributed by atoms with van der Waals surface area (Å²) in [5.41, 5.74) is -3.02. The van der Waals surface area contributed by atoms with Crippen LogP contribution in [0.4, 0.5) is 0 Å². The van der Waals surface area contributed by atoms with Gasteiger partial charge in [0.15, 0.2) is 11.2 Å². The van der Waals surface area contributed by atoms with Crippen molar-refractivity contribution in [3.05, 3.63) is 11.8 Å². The lowest BCUT2D eigenvalue weighted by molar-refractivity contribution is -0.167. The number of carbonyl (C=O) groups is 4. The fourth-order valence-corrected chi connectivity index (χ4v) is 2.72. The number of Topliss-reactive ketones (excluding diaryl/α,β-unsaturated/α-hetero) is 2. The van der Waals surface area contributed by atoms with Crippen LogP contribution in [0.1, 0.15) is 70.9 Å². The number of aromatic nitrogens is 1. The van der Waals surface area contributed by atoms with Crippen molar-refractivity contribution in [3.8, 4) is 5.88 Å². The number of esters is 2. The van der Waals surface area contributed by atoms with Crippen molar-refractivity contribution in [1.82, 2.24) is 5.16 Å². The van der Waals surface area contributed by atoms with Crippen LogP contribution in [0.2, 0.25) is 0 Å². The molecule has 1 aromatic rings. The lowest BCUT2D eigenvalue weighted by Gasteiger charge is -2.30. The van der Waals surface area contributed by atoms with Gasteiger partial charge >= 0.3 is 11.9 Å². The zero-order chi connectivity index (χ0) is 22.2. The van der Waals surface area contributed by atoms with Crippen molar-refractivity contribution in [2.75, 3.05) is 13.7 Å². The molecule has 0 aliphatic rings. The fraction of sp³-hybridized carbons (Fsp3) is 0.650. The van der Waals surface area contributed by atoms with E-state index in [1.807, 2.05) is 0 Å². The van der Waals surface area contributed by atoms with E-state index in [1.54, 1.807) is 27.7 Å². The van der Waals surface area contributed by atoms with Crippen LogP contribution in [-0.2, 0) is 23.9 Å². The van der Waals surface area contributed by atoms with Crippen molar-refractivity contribution in [1.29, 1.82) is 0 Å². The molecule has 9 heteroatoms. The van der Waals surface area contributed by atoms with Gasteiger partial charge in [-0.05, 0) is 52.6 Å². The summed E-state index contributed by atoms with van der Waals surface area (Å²) in [6.07, 6.45) is 0.553. The molecule has 162 valence electrons. The number of ether oxygens (including phenoxy) is 3. The molecule has 9 nitrogen and oxygen atoms in total. The Bertz CT molecular complexity index is 746. The van der Waals surface area contributed by atoms with E-state index >= 15 is 0 Å². The molecule has 0 bridgehead atoms. The van der Waals surface area contributed by atoms with Crippen molar-refractivity contribution in [2.45, 2.75) is 65.9 Å². The fourth-order valence-electron chi connectivity index (χ4n) is 2.72. The molecule has 1 aromatic heterocycles. The predicted molar refractivity (Wildman–Crippen MR) is 101 cm³/mol. The van der Waals surface area contributed by atoms with Crippen LogP contribution in [0.25, 0.3) is 0 Å². The van der Waals surface area contributed by atoms with E-state index in [0.717, 1.165) is 6.92 Å². The van der Waals surface area contributed by atoms with Gasteiger partial charge in [0.1, 0.15) is 5.60 Å². The molecule has 0 N–H and O–H groups in total. The molecule has 0 fully saturated rings. The van der Waals surface area contributed by atoms with Crippen molar-refractivity contribution in [2.24, 2.45) is 5.41 Å². The Labute approximate surface area is 170 Å². The highest BCUT2D eigenvalue weighted by atomic mass is 16.6. The Hall–Kier alpha value is -2.71. The quantitative estimate of drug-likeness (QED) is 0.234. The highest BCUT2D eigenvalue weighted by molar-refractivity contribution is 6.26. The van der Waals surface area contributed by atoms with Crippen LogP contribution in [0.15, 0.2) is 10.6 Å². The van der Waals surface area contributed by atoms with E-state index in [0.29, 0.717) is 6.42 Å². The summed E-state index contributed by atoms with van der Waals surface area (Å²) in [7, 11) is 1.34. The molecule has 29 heavy (non-hydrogen) atoms. The number of nitrogens with zero attached hydrogens (tertiary/aromatic N) is 1. The zero-order valence-corrected chi connectivity index (χ0v) is 17.8. The van der Waals surface area contributed by atoms with Gasteiger partial charge in [-0.2, -0.15) is 0 Å². The Morgan fingerprint density at radius 1 is 1.14 bits per heavy atom. The number of ketones is 2. The molecule has 0 aliphatic heterocycles. The number of hydrogen-bond acceptors (Lipinski definition) is 9. The zero-order valence-electron chi connectivity index (χ0n) is 17.8. The van der Waals surface area contributed by atoms with Crippen molar-refractivity contribution in [3.63, 3.8) is 0 Å². The number of hydrogen-bond donors (Lipinski definition) is 0. The first-order valence-electron chi connectivity index (χ1n) is 9.43. The SMILES string of the molecule is CCOC(=O)CCCCC(C(C)=O)(C(=O)OC(C)(C)C)C(=O)c1cc(OC)no1. The van der Waals surface area contributed by atoms with Gasteiger partial charge in [0.05, 0.1) is 19.8 Å². The molecule has 1 rings (SSSR count). The van der Waals surface area contributed by atoms with E-state index in [9.17, 15) is 19.2 Å². The number of carbonyl (C=O) groups excluding carboxylic acids is 4. The van der Waals surface area contributed by atoms with Gasteiger partial charge in [-0.15, -0.1) is 0 Å². The summed E-state index contributed by atoms with van der Waals surface area (Å²) in [5.74, 6) is -3.13. The summed E-state index contributed by atoms with van der Waals surface area (Å²) in [6.45, 7) is 8.03. The second-order valence-corrected chi connectivity index (χ2v) is 7.54. The number of rotatable bonds is 11. The smallest absolute Gasteiger partial charge is 0.328 e. The molecule has 0 radical (unpaired) electrons. The highest BCUT2D eigenvalue weighted by Gasteiger charge is 2.53. The van der Waals surface area contributed by atoms with Crippen LogP contribution in [0.5, 0.6) is 5.88 Å². The molecule has 0 amide bonds. The maximum atomic E-state index is 13.2. The second-order valence-electron chi connectivity index (χ2n) is 7.54. The summed E-state index contributed by atoms with van der Waals surface area (Å²) in [6, 6.07) is 1.21. The van der Waals surface area contributed by atoms with Gasteiger partial charge in [0, 0.05) is 6.42 Å². The van der Waals surface area contributed by atoms with Crippen LogP contribution in [-0.4, -0.2) is 48.0 Å². The second kappa shape index (κ2) is 10.2. The first kappa shape index (κ1) is 24.3. The lowest BCUT2D eigenvalue weighted by atomic mass is 9.74. The maximum absolute atomic E-state index is 13.2. The largest absolute Gasteiger partial charge is 0.479 e. The summed E-state index contributed by atoms with van der Waals surface area (Å²) < 4.78 is 20.1. The summed E-state index contributed by atoms with van der Waals surface area (Å²) in [5, 5.41) is 3.56. The molecule has 0 saturated heterocycles. The molecule has 1 unspecified atom stereocenters. The molecule has 0 aromatic carbocycles. The molecular weight excluding hydrogens is 382 g/mol. The predicted octanol–water partition coefficient (Wildman–Crippen LogP) is 2.91. The highest BCUT2D eigenvalue weighted by Crippen LogP contribution is 2.35. The van der Waals surface area contributed by atoms with Gasteiger partial charge in [0.2, 0.25) is 11.5 Å². The Morgan fingerprint density at radius 3 is 2.28 bits per heavy atom. The van der Waals surface area contributed by atoms with Crippen LogP contribution in [0.3, 0.4) is 0 Å². The van der Waals surface area contributed by atoms with Gasteiger partial charge < -0.3 is 18.7 Å². The van der Waals surface area contributed by atoms with Gasteiger partial charge in [0.25, 0.3) is 5.88 Å². The molecule has 1 atom stereocenters. The average Bonchev–Trinajstić information content (AvgIpc) is 3.09. The van der Waals surface area contributed by atoms with Crippen LogP contribution < -0.4 is 4.74 Å². The van der Waals surface area contributed by atoms with E-state index in [1.165, 1.54) is 13.2 Å². The topological polar surface area (TPSA) is 122 Å². The molecule has 1 heterocycles. The third-order valence-corrected chi connectivity index (χ3v) is 4.15. The van der Waals surface area contributed by atoms with E-state index in [-0.39, 0.29) is 43.5 Å². The summed E-state index contributed by atoms with van der Waals surface area (Å²) >= 11 is 0. The van der Waals surface area contributed by atoms with Crippen molar-refractivity contribution < 1.29 is 37.9 Å². The Morgan fingerprint density at radius 2 is 1.79 bits per heavy atom. The number of unbranched alkanes of at least 4 members (excludes halogenated alkanes) is 1. The monoisotopic (exact) mass is 411 g/mol. The Kier molecular flexibility index (Phi) is 8.54. The first-order valence-corrected chi connectivity index (χ1v) is 9.43. The average molecular weight is 411 g/mol. The minimum atomic E-state index is -2.10. The summed E-state index contributed by atoms with van der Waals surface area (Å²) in [4.78, 5) is 50.3. The minimum Gasteiger partial charge on any atom is -0.479 e. The third-order valence-electron chi connectivity index (χ3n) is 4.15. The standard InChI is InChI=1S/C20H29NO8/c1-7-27-16(23)10-8-9-11-20(13(2)22,18(25)28-19(3,4)5)17(24)14-12-15(26-6)21-29-14/h12H,7-11H2,1-6H3. The Balaban J connectivity index is 3.18. The minimum absolute atomic E-state index is 0.0392. The first-order chi connectivity index (χ1) is 13.5. The molecule has 0 aliphatic carbocycles. The molecule has 0 spiro atoms. The maximum Gasteiger partial charge on any atom is 0.328 e. The van der Waals surface area contributed by atoms with E-state index in [2.05, 4.69) is 5.16 Å². The van der Waals surface area contributed by atoms with Gasteiger partial charge in [-0.25, -0.2) is 0 Å². The lowest BCUT2D eigenvalue weighted by Crippen LogP contribution is -2.48. The molecular formula is C20H29NO8. The number of methoxy groups -OCH3 is 1. The van der Waals surface area contributed by atoms with Gasteiger partial charge in [-0.1, -0.05) is 6.42 Å². The molecule has 0 saturated carbocycles. The normalized spacial score (nSPS) is 13.3. The van der Waals surface area contributed by atoms with E-state index in [4.69, 9.17) is 18.7 Å². The third kappa shape index (κ3) is 6.40. The van der Waals surface area contributed by atoms with Crippen molar-refractivity contribution >= 4 is 23.5 Å².